The lowest BCUT2D eigenvalue weighted by atomic mass is 10.1. The van der Waals surface area contributed by atoms with Crippen LogP contribution < -0.4 is 0 Å². The predicted octanol–water partition coefficient (Wildman–Crippen LogP) is 3.07. The van der Waals surface area contributed by atoms with Crippen molar-refractivity contribution in [1.82, 2.24) is 4.98 Å². The molecule has 0 unspecified atom stereocenters. The summed E-state index contributed by atoms with van der Waals surface area (Å²) in [5, 5.41) is 1.14. The average molecular weight is 166 g/mol. The van der Waals surface area contributed by atoms with Crippen molar-refractivity contribution >= 4 is 10.9 Å². The lowest BCUT2D eigenvalue weighted by molar-refractivity contribution is 1.42. The lowest BCUT2D eigenvalue weighted by Gasteiger charge is -2.02. The van der Waals surface area contributed by atoms with Crippen LogP contribution in [0.25, 0.3) is 22.2 Å². The van der Waals surface area contributed by atoms with Gasteiger partial charge in [-0.05, 0) is 12.1 Å². The molecule has 1 N–H and O–H groups in total. The van der Waals surface area contributed by atoms with Crippen molar-refractivity contribution in [2.45, 2.75) is 0 Å². The number of para-hydroxylation sites is 1. The SMILES string of the molecule is [c]1c2cccc-2[nH]c2ccccc12. The number of benzene rings is 1. The van der Waals surface area contributed by atoms with Crippen LogP contribution in [0.15, 0.2) is 42.5 Å². The summed E-state index contributed by atoms with van der Waals surface area (Å²) in [5.41, 5.74) is 3.44. The highest BCUT2D eigenvalue weighted by atomic mass is 14.7. The normalized spacial score (nSPS) is 11.1. The largest absolute Gasteiger partial charge is 0.355 e. The second-order valence-electron chi connectivity index (χ2n) is 3.15. The number of H-pyrrole nitrogens is 1. The smallest absolute Gasteiger partial charge is 0.0464 e. The molecule has 3 rings (SSSR count). The van der Waals surface area contributed by atoms with Crippen LogP contribution in [0.5, 0.6) is 0 Å². The molecule has 0 fully saturated rings. The van der Waals surface area contributed by atoms with Crippen molar-refractivity contribution in [3.05, 3.63) is 48.5 Å². The molecule has 1 aliphatic heterocycles. The molecular formula is C12H8N. The molecular weight excluding hydrogens is 158 g/mol. The van der Waals surface area contributed by atoms with Gasteiger partial charge in [-0.15, -0.1) is 0 Å². The van der Waals surface area contributed by atoms with Crippen molar-refractivity contribution in [2.24, 2.45) is 0 Å². The van der Waals surface area contributed by atoms with E-state index in [1.165, 1.54) is 0 Å². The average Bonchev–Trinajstić information content (AvgIpc) is 2.61. The Morgan fingerprint density at radius 3 is 2.85 bits per heavy atom. The van der Waals surface area contributed by atoms with Gasteiger partial charge in [-0.1, -0.05) is 30.3 Å². The molecule has 0 saturated heterocycles. The molecule has 1 aromatic carbocycles. The van der Waals surface area contributed by atoms with E-state index < -0.39 is 0 Å². The second kappa shape index (κ2) is 2.36. The van der Waals surface area contributed by atoms with Crippen molar-refractivity contribution < 1.29 is 0 Å². The van der Waals surface area contributed by atoms with Gasteiger partial charge in [0, 0.05) is 28.2 Å². The minimum atomic E-state index is 1.14. The van der Waals surface area contributed by atoms with Crippen molar-refractivity contribution in [1.29, 1.82) is 0 Å². The number of nitrogens with one attached hydrogen (secondary N) is 1. The van der Waals surface area contributed by atoms with Crippen LogP contribution in [0.3, 0.4) is 0 Å². The molecule has 1 nitrogen and oxygen atoms in total. The Labute approximate surface area is 76.4 Å². The van der Waals surface area contributed by atoms with Crippen LogP contribution in [-0.2, 0) is 0 Å². The quantitative estimate of drug-likeness (QED) is 0.528. The zero-order chi connectivity index (χ0) is 8.67. The van der Waals surface area contributed by atoms with Crippen LogP contribution >= 0.6 is 0 Å². The van der Waals surface area contributed by atoms with E-state index in [2.05, 4.69) is 35.3 Å². The van der Waals surface area contributed by atoms with E-state index in [4.69, 9.17) is 0 Å². The summed E-state index contributed by atoms with van der Waals surface area (Å²) in [6.45, 7) is 0. The van der Waals surface area contributed by atoms with E-state index in [1.807, 2.05) is 18.2 Å². The summed E-state index contributed by atoms with van der Waals surface area (Å²) >= 11 is 0. The molecule has 61 valence electrons. The van der Waals surface area contributed by atoms with Crippen molar-refractivity contribution in [3.8, 4) is 11.3 Å². The minimum absolute atomic E-state index is 1.14. The van der Waals surface area contributed by atoms with Crippen molar-refractivity contribution in [3.63, 3.8) is 0 Å². The van der Waals surface area contributed by atoms with Gasteiger partial charge in [0.2, 0.25) is 0 Å². The fourth-order valence-corrected chi connectivity index (χ4v) is 1.63. The van der Waals surface area contributed by atoms with Crippen LogP contribution in [0, 0.1) is 6.07 Å². The molecule has 0 amide bonds. The van der Waals surface area contributed by atoms with Crippen LogP contribution in [0.2, 0.25) is 0 Å². The number of aromatic amines is 1. The summed E-state index contributed by atoms with van der Waals surface area (Å²) in [6.07, 6.45) is 0. The molecule has 0 aromatic heterocycles. The van der Waals surface area contributed by atoms with E-state index >= 15 is 0 Å². The monoisotopic (exact) mass is 166 g/mol. The van der Waals surface area contributed by atoms with Gasteiger partial charge in [-0.25, -0.2) is 0 Å². The Kier molecular flexibility index (Phi) is 1.22. The van der Waals surface area contributed by atoms with Gasteiger partial charge < -0.3 is 4.98 Å². The number of hydrogen-bond donors (Lipinski definition) is 1. The Bertz CT molecular complexity index is 475. The summed E-state index contributed by atoms with van der Waals surface area (Å²) in [4.78, 5) is 3.36. The van der Waals surface area contributed by atoms with Gasteiger partial charge in [-0.2, -0.15) is 0 Å². The van der Waals surface area contributed by atoms with Crippen LogP contribution in [0.1, 0.15) is 0 Å². The Hall–Kier alpha value is -1.76. The third kappa shape index (κ3) is 0.937. The maximum atomic E-state index is 3.36. The number of pyridine rings is 1. The second-order valence-corrected chi connectivity index (χ2v) is 3.15. The van der Waals surface area contributed by atoms with E-state index in [9.17, 15) is 0 Å². The minimum Gasteiger partial charge on any atom is -0.355 e. The molecule has 1 radical (unpaired) electrons. The summed E-state index contributed by atoms with van der Waals surface area (Å²) < 4.78 is 0. The lowest BCUT2D eigenvalue weighted by Crippen LogP contribution is -1.83. The molecule has 0 spiro atoms. The molecule has 1 heterocycles. The fourth-order valence-electron chi connectivity index (χ4n) is 1.63. The molecule has 1 aliphatic carbocycles. The molecule has 1 aromatic rings. The molecule has 13 heavy (non-hydrogen) atoms. The van der Waals surface area contributed by atoms with E-state index in [1.54, 1.807) is 0 Å². The first-order valence-corrected chi connectivity index (χ1v) is 4.32. The predicted molar refractivity (Wildman–Crippen MR) is 53.8 cm³/mol. The summed E-state index contributed by atoms with van der Waals surface area (Å²) in [5.74, 6) is 0. The first kappa shape index (κ1) is 6.72. The van der Waals surface area contributed by atoms with Gasteiger partial charge in [0.1, 0.15) is 0 Å². The Morgan fingerprint density at radius 1 is 0.923 bits per heavy atom. The van der Waals surface area contributed by atoms with Gasteiger partial charge in [0.25, 0.3) is 0 Å². The zero-order valence-electron chi connectivity index (χ0n) is 7.04. The highest BCUT2D eigenvalue weighted by Gasteiger charge is 2.03. The standard InChI is InChI=1S/C12H8N/c1-2-6-11-9(4-1)8-10-5-3-7-12(10)13-11/h1-7,13H. The number of hydrogen-bond acceptors (Lipinski definition) is 0. The number of aromatic nitrogens is 1. The summed E-state index contributed by atoms with van der Waals surface area (Å²) in [6, 6.07) is 17.7. The Balaban J connectivity index is 2.52. The zero-order valence-corrected chi connectivity index (χ0v) is 7.04. The fraction of sp³-hybridized carbons (Fsp3) is 0. The van der Waals surface area contributed by atoms with E-state index in [0.717, 1.165) is 22.2 Å². The topological polar surface area (TPSA) is 15.8 Å². The Morgan fingerprint density at radius 2 is 1.85 bits per heavy atom. The third-order valence-corrected chi connectivity index (χ3v) is 2.28. The highest BCUT2D eigenvalue weighted by Crippen LogP contribution is 2.24. The first-order valence-electron chi connectivity index (χ1n) is 4.32. The maximum Gasteiger partial charge on any atom is 0.0464 e. The molecule has 0 atom stereocenters. The molecule has 0 bridgehead atoms. The summed E-state index contributed by atoms with van der Waals surface area (Å²) in [7, 11) is 0. The van der Waals surface area contributed by atoms with Crippen molar-refractivity contribution in [2.75, 3.05) is 0 Å². The molecule has 2 aliphatic rings. The molecule has 0 saturated carbocycles. The first-order chi connectivity index (χ1) is 6.43. The van der Waals surface area contributed by atoms with E-state index in [-0.39, 0.29) is 0 Å². The van der Waals surface area contributed by atoms with Crippen LogP contribution in [-0.4, -0.2) is 4.98 Å². The van der Waals surface area contributed by atoms with Crippen LogP contribution in [0.4, 0.5) is 0 Å². The van der Waals surface area contributed by atoms with E-state index in [0.29, 0.717) is 0 Å². The van der Waals surface area contributed by atoms with Gasteiger partial charge >= 0.3 is 0 Å². The van der Waals surface area contributed by atoms with Gasteiger partial charge in [0.15, 0.2) is 0 Å². The highest BCUT2D eigenvalue weighted by molar-refractivity contribution is 5.84. The molecule has 1 heteroatoms. The third-order valence-electron chi connectivity index (χ3n) is 2.28. The maximum absolute atomic E-state index is 3.36. The van der Waals surface area contributed by atoms with Gasteiger partial charge in [0.05, 0.1) is 0 Å². The number of fused-ring (bicyclic) bond motifs is 2. The number of rotatable bonds is 0. The van der Waals surface area contributed by atoms with Gasteiger partial charge in [-0.3, -0.25) is 0 Å².